The van der Waals surface area contributed by atoms with E-state index in [1.807, 2.05) is 13.8 Å². The van der Waals surface area contributed by atoms with Crippen LogP contribution in [0, 0.1) is 18.3 Å². The Morgan fingerprint density at radius 3 is 2.69 bits per heavy atom. The van der Waals surface area contributed by atoms with Crippen molar-refractivity contribution in [1.82, 2.24) is 0 Å². The summed E-state index contributed by atoms with van der Waals surface area (Å²) in [5, 5.41) is 0. The van der Waals surface area contributed by atoms with E-state index in [0.717, 1.165) is 36.8 Å². The van der Waals surface area contributed by atoms with Gasteiger partial charge in [0.25, 0.3) is 0 Å². The third-order valence-electron chi connectivity index (χ3n) is 2.89. The summed E-state index contributed by atoms with van der Waals surface area (Å²) in [6.07, 6.45) is 9.24. The summed E-state index contributed by atoms with van der Waals surface area (Å²) in [6.45, 7) is 3.90. The van der Waals surface area contributed by atoms with E-state index in [0.29, 0.717) is 5.78 Å². The third-order valence-corrected chi connectivity index (χ3v) is 2.89. The van der Waals surface area contributed by atoms with Gasteiger partial charge in [0.05, 0.1) is 0 Å². The maximum Gasteiger partial charge on any atom is 0.140 e. The molecule has 1 rings (SSSR count). The van der Waals surface area contributed by atoms with Gasteiger partial charge in [-0.2, -0.15) is 0 Å². The second kappa shape index (κ2) is 4.28. The van der Waals surface area contributed by atoms with Crippen LogP contribution in [0.15, 0.2) is 11.1 Å². The molecule has 1 saturated carbocycles. The minimum atomic E-state index is 0.116. The van der Waals surface area contributed by atoms with E-state index in [4.69, 9.17) is 6.42 Å². The first-order chi connectivity index (χ1) is 6.16. The number of carbonyl (C=O) groups is 1. The summed E-state index contributed by atoms with van der Waals surface area (Å²) in [5.74, 6) is 3.10. The SMILES string of the molecule is C#C/C(C)=C(\C)C1CCCCC1=O. The maximum atomic E-state index is 11.6. The molecule has 0 aromatic rings. The van der Waals surface area contributed by atoms with Crippen molar-refractivity contribution in [1.29, 1.82) is 0 Å². The summed E-state index contributed by atoms with van der Waals surface area (Å²) in [4.78, 5) is 11.6. The molecule has 0 aromatic heterocycles. The van der Waals surface area contributed by atoms with Crippen molar-refractivity contribution in [3.8, 4) is 12.3 Å². The third kappa shape index (κ3) is 2.21. The van der Waals surface area contributed by atoms with Crippen molar-refractivity contribution < 1.29 is 4.79 Å². The molecule has 0 bridgehead atoms. The monoisotopic (exact) mass is 176 g/mol. The average Bonchev–Trinajstić information content (AvgIpc) is 2.16. The second-order valence-electron chi connectivity index (χ2n) is 3.72. The van der Waals surface area contributed by atoms with E-state index < -0.39 is 0 Å². The Balaban J connectivity index is 2.82. The first kappa shape index (κ1) is 10.1. The Bertz CT molecular complexity index is 278. The number of terminal acetylenes is 1. The van der Waals surface area contributed by atoms with Gasteiger partial charge >= 0.3 is 0 Å². The van der Waals surface area contributed by atoms with Crippen LogP contribution in [0.4, 0.5) is 0 Å². The minimum absolute atomic E-state index is 0.116. The lowest BCUT2D eigenvalue weighted by Crippen LogP contribution is -2.20. The van der Waals surface area contributed by atoms with Crippen LogP contribution in [-0.4, -0.2) is 5.78 Å². The lowest BCUT2D eigenvalue weighted by atomic mass is 9.82. The molecule has 0 amide bonds. The first-order valence-electron chi connectivity index (χ1n) is 4.83. The molecule has 1 nitrogen and oxygen atoms in total. The maximum absolute atomic E-state index is 11.6. The second-order valence-corrected chi connectivity index (χ2v) is 3.72. The smallest absolute Gasteiger partial charge is 0.140 e. The van der Waals surface area contributed by atoms with Crippen LogP contribution in [0.5, 0.6) is 0 Å². The van der Waals surface area contributed by atoms with E-state index in [1.54, 1.807) is 0 Å². The Kier molecular flexibility index (Phi) is 3.31. The topological polar surface area (TPSA) is 17.1 Å². The van der Waals surface area contributed by atoms with Gasteiger partial charge in [-0.1, -0.05) is 17.9 Å². The van der Waals surface area contributed by atoms with Gasteiger partial charge in [0.15, 0.2) is 0 Å². The van der Waals surface area contributed by atoms with Crippen molar-refractivity contribution in [2.24, 2.45) is 5.92 Å². The minimum Gasteiger partial charge on any atom is -0.299 e. The largest absolute Gasteiger partial charge is 0.299 e. The number of hydrogen-bond acceptors (Lipinski definition) is 1. The van der Waals surface area contributed by atoms with Crippen LogP contribution in [-0.2, 0) is 4.79 Å². The Morgan fingerprint density at radius 1 is 1.46 bits per heavy atom. The van der Waals surface area contributed by atoms with Gasteiger partial charge in [0, 0.05) is 12.3 Å². The Morgan fingerprint density at radius 2 is 2.15 bits per heavy atom. The van der Waals surface area contributed by atoms with Gasteiger partial charge < -0.3 is 0 Å². The summed E-state index contributed by atoms with van der Waals surface area (Å²) in [6, 6.07) is 0. The fourth-order valence-corrected chi connectivity index (χ4v) is 1.82. The van der Waals surface area contributed by atoms with Crippen LogP contribution in [0.25, 0.3) is 0 Å². The molecular formula is C12H16O. The highest BCUT2D eigenvalue weighted by Gasteiger charge is 2.24. The van der Waals surface area contributed by atoms with Crippen molar-refractivity contribution >= 4 is 5.78 Å². The van der Waals surface area contributed by atoms with Gasteiger partial charge in [-0.15, -0.1) is 6.42 Å². The summed E-state index contributed by atoms with van der Waals surface area (Å²) < 4.78 is 0. The number of Topliss-reactive ketones (excluding diaryl/α,β-unsaturated/α-hetero) is 1. The molecule has 1 heteroatoms. The fourth-order valence-electron chi connectivity index (χ4n) is 1.82. The number of hydrogen-bond donors (Lipinski definition) is 0. The van der Waals surface area contributed by atoms with Gasteiger partial charge in [-0.05, 0) is 32.3 Å². The highest BCUT2D eigenvalue weighted by Crippen LogP contribution is 2.28. The summed E-state index contributed by atoms with van der Waals surface area (Å²) in [7, 11) is 0. The van der Waals surface area contributed by atoms with Crippen LogP contribution >= 0.6 is 0 Å². The molecule has 0 radical (unpaired) electrons. The molecule has 0 aliphatic heterocycles. The number of allylic oxidation sites excluding steroid dienone is 2. The molecule has 0 saturated heterocycles. The molecule has 13 heavy (non-hydrogen) atoms. The van der Waals surface area contributed by atoms with Crippen molar-refractivity contribution in [2.45, 2.75) is 39.5 Å². The van der Waals surface area contributed by atoms with Crippen molar-refractivity contribution in [2.75, 3.05) is 0 Å². The van der Waals surface area contributed by atoms with Crippen LogP contribution in [0.1, 0.15) is 39.5 Å². The van der Waals surface area contributed by atoms with Gasteiger partial charge in [-0.3, -0.25) is 4.79 Å². The highest BCUT2D eigenvalue weighted by atomic mass is 16.1. The van der Waals surface area contributed by atoms with Gasteiger partial charge in [0.1, 0.15) is 5.78 Å². The summed E-state index contributed by atoms with van der Waals surface area (Å²) in [5.41, 5.74) is 2.03. The lowest BCUT2D eigenvalue weighted by Gasteiger charge is -2.21. The fraction of sp³-hybridized carbons (Fsp3) is 0.583. The molecule has 1 fully saturated rings. The molecular weight excluding hydrogens is 160 g/mol. The average molecular weight is 176 g/mol. The van der Waals surface area contributed by atoms with Crippen LogP contribution < -0.4 is 0 Å². The standard InChI is InChI=1S/C12H16O/c1-4-9(2)10(3)11-7-5-6-8-12(11)13/h1,11H,5-8H2,2-3H3/b10-9+. The zero-order chi connectivity index (χ0) is 9.84. The first-order valence-corrected chi connectivity index (χ1v) is 4.83. The molecule has 1 aliphatic carbocycles. The predicted molar refractivity (Wildman–Crippen MR) is 54.2 cm³/mol. The number of rotatable bonds is 1. The highest BCUT2D eigenvalue weighted by molar-refractivity contribution is 5.84. The van der Waals surface area contributed by atoms with E-state index in [1.165, 1.54) is 0 Å². The molecule has 0 spiro atoms. The molecule has 0 heterocycles. The molecule has 0 aromatic carbocycles. The van der Waals surface area contributed by atoms with E-state index >= 15 is 0 Å². The number of carbonyl (C=O) groups excluding carboxylic acids is 1. The molecule has 0 N–H and O–H groups in total. The van der Waals surface area contributed by atoms with Crippen molar-refractivity contribution in [3.63, 3.8) is 0 Å². The van der Waals surface area contributed by atoms with E-state index in [-0.39, 0.29) is 5.92 Å². The van der Waals surface area contributed by atoms with Crippen LogP contribution in [0.3, 0.4) is 0 Å². The Labute approximate surface area is 80.2 Å². The molecule has 70 valence electrons. The van der Waals surface area contributed by atoms with Gasteiger partial charge in [0.2, 0.25) is 0 Å². The van der Waals surface area contributed by atoms with Crippen molar-refractivity contribution in [3.05, 3.63) is 11.1 Å². The molecule has 1 aliphatic rings. The molecule has 1 atom stereocenters. The number of ketones is 1. The normalized spacial score (nSPS) is 25.0. The van der Waals surface area contributed by atoms with E-state index in [2.05, 4.69) is 5.92 Å². The van der Waals surface area contributed by atoms with Gasteiger partial charge in [-0.25, -0.2) is 0 Å². The van der Waals surface area contributed by atoms with E-state index in [9.17, 15) is 4.79 Å². The lowest BCUT2D eigenvalue weighted by molar-refractivity contribution is -0.123. The molecule has 1 unspecified atom stereocenters. The predicted octanol–water partition coefficient (Wildman–Crippen LogP) is 2.72. The zero-order valence-corrected chi connectivity index (χ0v) is 8.39. The Hall–Kier alpha value is -1.03. The summed E-state index contributed by atoms with van der Waals surface area (Å²) >= 11 is 0. The zero-order valence-electron chi connectivity index (χ0n) is 8.39. The van der Waals surface area contributed by atoms with Crippen LogP contribution in [0.2, 0.25) is 0 Å². The quantitative estimate of drug-likeness (QED) is 0.561.